The van der Waals surface area contributed by atoms with Gasteiger partial charge in [-0.15, -0.1) is 0 Å². The van der Waals surface area contributed by atoms with E-state index in [9.17, 15) is 0 Å². The fourth-order valence-electron chi connectivity index (χ4n) is 1.93. The Kier molecular flexibility index (Phi) is 5.98. The van der Waals surface area contributed by atoms with Crippen molar-refractivity contribution in [2.45, 2.75) is 52.7 Å². The lowest BCUT2D eigenvalue weighted by molar-refractivity contribution is 0.128. The first-order chi connectivity index (χ1) is 9.00. The van der Waals surface area contributed by atoms with Gasteiger partial charge in [-0.2, -0.15) is 0 Å². The van der Waals surface area contributed by atoms with E-state index in [0.29, 0.717) is 24.9 Å². The topological polar surface area (TPSA) is 85.1 Å². The minimum Gasteiger partial charge on any atom is -0.374 e. The Morgan fingerprint density at radius 1 is 1.26 bits per heavy atom. The normalized spacial score (nSPS) is 11.4. The molecule has 0 aliphatic heterocycles. The third kappa shape index (κ3) is 5.40. The van der Waals surface area contributed by atoms with Gasteiger partial charge >= 0.3 is 0 Å². The number of rotatable bonds is 8. The van der Waals surface area contributed by atoms with Gasteiger partial charge in [0, 0.05) is 18.2 Å². The van der Waals surface area contributed by atoms with Crippen LogP contribution in [0.2, 0.25) is 0 Å². The van der Waals surface area contributed by atoms with E-state index in [2.05, 4.69) is 41.5 Å². The van der Waals surface area contributed by atoms with Gasteiger partial charge < -0.3 is 15.5 Å². The lowest BCUT2D eigenvalue weighted by atomic mass is 9.99. The maximum Gasteiger partial charge on any atom is 0.158 e. The SMILES string of the molecule is CCCC(C)(C)Nc1cc(NN)nc(COCC)n1. The van der Waals surface area contributed by atoms with E-state index in [4.69, 9.17) is 10.6 Å². The maximum absolute atomic E-state index is 5.43. The summed E-state index contributed by atoms with van der Waals surface area (Å²) in [5, 5.41) is 3.41. The van der Waals surface area contributed by atoms with E-state index in [-0.39, 0.29) is 5.54 Å². The van der Waals surface area contributed by atoms with Gasteiger partial charge in [0.25, 0.3) is 0 Å². The molecule has 1 aromatic heterocycles. The van der Waals surface area contributed by atoms with Gasteiger partial charge in [0.2, 0.25) is 0 Å². The van der Waals surface area contributed by atoms with E-state index in [1.165, 1.54) is 0 Å². The van der Waals surface area contributed by atoms with Crippen LogP contribution in [0, 0.1) is 0 Å². The van der Waals surface area contributed by atoms with Crippen molar-refractivity contribution in [2.24, 2.45) is 5.84 Å². The summed E-state index contributed by atoms with van der Waals surface area (Å²) in [7, 11) is 0. The summed E-state index contributed by atoms with van der Waals surface area (Å²) < 4.78 is 5.33. The summed E-state index contributed by atoms with van der Waals surface area (Å²) >= 11 is 0. The third-order valence-electron chi connectivity index (χ3n) is 2.70. The molecule has 6 nitrogen and oxygen atoms in total. The van der Waals surface area contributed by atoms with E-state index in [1.54, 1.807) is 6.07 Å². The molecule has 0 bridgehead atoms. The number of nitrogens with two attached hydrogens (primary N) is 1. The molecule has 0 aliphatic rings. The monoisotopic (exact) mass is 267 g/mol. The molecule has 0 fully saturated rings. The van der Waals surface area contributed by atoms with Gasteiger partial charge in [0.15, 0.2) is 5.82 Å². The number of hydrogen-bond acceptors (Lipinski definition) is 6. The number of hydrazine groups is 1. The van der Waals surface area contributed by atoms with Crippen LogP contribution in [0.4, 0.5) is 11.6 Å². The minimum atomic E-state index is -0.0160. The third-order valence-corrected chi connectivity index (χ3v) is 2.70. The van der Waals surface area contributed by atoms with Crippen molar-refractivity contribution in [3.8, 4) is 0 Å². The zero-order valence-corrected chi connectivity index (χ0v) is 12.3. The molecular weight excluding hydrogens is 242 g/mol. The van der Waals surface area contributed by atoms with Gasteiger partial charge in [-0.05, 0) is 27.2 Å². The van der Waals surface area contributed by atoms with Crippen LogP contribution in [0.15, 0.2) is 6.07 Å². The molecule has 0 unspecified atom stereocenters. The molecule has 19 heavy (non-hydrogen) atoms. The van der Waals surface area contributed by atoms with Gasteiger partial charge in [0.1, 0.15) is 18.2 Å². The summed E-state index contributed by atoms with van der Waals surface area (Å²) in [6.45, 7) is 9.42. The van der Waals surface area contributed by atoms with Crippen LogP contribution in [-0.4, -0.2) is 22.1 Å². The second kappa shape index (κ2) is 7.25. The van der Waals surface area contributed by atoms with Crippen LogP contribution in [0.5, 0.6) is 0 Å². The second-order valence-corrected chi connectivity index (χ2v) is 5.10. The molecule has 0 aliphatic carbocycles. The van der Waals surface area contributed by atoms with Gasteiger partial charge in [-0.25, -0.2) is 15.8 Å². The van der Waals surface area contributed by atoms with Crippen molar-refractivity contribution < 1.29 is 4.74 Å². The lowest BCUT2D eigenvalue weighted by Crippen LogP contribution is -2.31. The molecule has 1 heterocycles. The molecule has 1 rings (SSSR count). The molecule has 0 aromatic carbocycles. The van der Waals surface area contributed by atoms with Crippen LogP contribution < -0.4 is 16.6 Å². The van der Waals surface area contributed by atoms with Gasteiger partial charge in [-0.1, -0.05) is 13.3 Å². The molecule has 6 heteroatoms. The summed E-state index contributed by atoms with van der Waals surface area (Å²) in [5.41, 5.74) is 2.54. The lowest BCUT2D eigenvalue weighted by Gasteiger charge is -2.26. The molecule has 0 amide bonds. The Morgan fingerprint density at radius 3 is 2.53 bits per heavy atom. The first-order valence-corrected chi connectivity index (χ1v) is 6.71. The van der Waals surface area contributed by atoms with Crippen molar-refractivity contribution >= 4 is 11.6 Å². The average molecular weight is 267 g/mol. The van der Waals surface area contributed by atoms with E-state index in [1.807, 2.05) is 6.92 Å². The molecular formula is C13H25N5O. The fourth-order valence-corrected chi connectivity index (χ4v) is 1.93. The molecule has 0 saturated carbocycles. The predicted molar refractivity (Wildman–Crippen MR) is 77.8 cm³/mol. The number of aromatic nitrogens is 2. The zero-order chi connectivity index (χ0) is 14.3. The Balaban J connectivity index is 2.87. The number of ether oxygens (including phenoxy) is 1. The van der Waals surface area contributed by atoms with E-state index < -0.39 is 0 Å². The highest BCUT2D eigenvalue weighted by molar-refractivity contribution is 5.48. The minimum absolute atomic E-state index is 0.0160. The summed E-state index contributed by atoms with van der Waals surface area (Å²) in [4.78, 5) is 8.70. The first-order valence-electron chi connectivity index (χ1n) is 6.71. The first kappa shape index (κ1) is 15.7. The van der Waals surface area contributed by atoms with Crippen LogP contribution in [0.3, 0.4) is 0 Å². The quantitative estimate of drug-likeness (QED) is 0.495. The zero-order valence-electron chi connectivity index (χ0n) is 12.3. The number of anilines is 2. The predicted octanol–water partition coefficient (Wildman–Crippen LogP) is 2.29. The van der Waals surface area contributed by atoms with E-state index >= 15 is 0 Å². The molecule has 0 saturated heterocycles. The van der Waals surface area contributed by atoms with Crippen LogP contribution in [0.25, 0.3) is 0 Å². The Labute approximate surface area is 115 Å². The van der Waals surface area contributed by atoms with Crippen molar-refractivity contribution in [3.63, 3.8) is 0 Å². The standard InChI is InChI=1S/C13H25N5O/c1-5-7-13(3,4)17-10-8-11(18-14)16-12(15-10)9-19-6-2/h8H,5-7,9,14H2,1-4H3,(H2,15,16,17,18). The Morgan fingerprint density at radius 2 is 1.95 bits per heavy atom. The smallest absolute Gasteiger partial charge is 0.158 e. The van der Waals surface area contributed by atoms with Gasteiger partial charge in [-0.3, -0.25) is 0 Å². The number of nitrogens with zero attached hydrogens (tertiary/aromatic N) is 2. The van der Waals surface area contributed by atoms with E-state index in [0.717, 1.165) is 18.7 Å². The molecule has 4 N–H and O–H groups in total. The number of hydrogen-bond donors (Lipinski definition) is 3. The molecule has 108 valence electrons. The molecule has 1 aromatic rings. The second-order valence-electron chi connectivity index (χ2n) is 5.10. The van der Waals surface area contributed by atoms with Crippen molar-refractivity contribution in [2.75, 3.05) is 17.3 Å². The molecule has 0 atom stereocenters. The Hall–Kier alpha value is -1.40. The van der Waals surface area contributed by atoms with Gasteiger partial charge in [0.05, 0.1) is 0 Å². The largest absolute Gasteiger partial charge is 0.374 e. The summed E-state index contributed by atoms with van der Waals surface area (Å²) in [6, 6.07) is 1.80. The van der Waals surface area contributed by atoms with Crippen LogP contribution >= 0.6 is 0 Å². The van der Waals surface area contributed by atoms with Crippen molar-refractivity contribution in [1.29, 1.82) is 0 Å². The Bertz CT molecular complexity index is 395. The van der Waals surface area contributed by atoms with Crippen LogP contribution in [0.1, 0.15) is 46.4 Å². The highest BCUT2D eigenvalue weighted by atomic mass is 16.5. The maximum atomic E-state index is 5.43. The summed E-state index contributed by atoms with van der Waals surface area (Å²) in [6.07, 6.45) is 2.17. The van der Waals surface area contributed by atoms with Crippen LogP contribution in [-0.2, 0) is 11.3 Å². The molecule has 0 radical (unpaired) electrons. The number of nitrogen functional groups attached to an aromatic ring is 1. The van der Waals surface area contributed by atoms with Crippen molar-refractivity contribution in [3.05, 3.63) is 11.9 Å². The summed E-state index contributed by atoms with van der Waals surface area (Å²) in [5.74, 6) is 7.39. The average Bonchev–Trinajstić information content (AvgIpc) is 2.35. The molecule has 0 spiro atoms. The fraction of sp³-hybridized carbons (Fsp3) is 0.692. The van der Waals surface area contributed by atoms with Crippen molar-refractivity contribution in [1.82, 2.24) is 9.97 Å². The number of nitrogens with one attached hydrogen (secondary N) is 2. The highest BCUT2D eigenvalue weighted by Gasteiger charge is 2.17. The highest BCUT2D eigenvalue weighted by Crippen LogP contribution is 2.20.